The van der Waals surface area contributed by atoms with E-state index in [1.54, 1.807) is 22.5 Å². The van der Waals surface area contributed by atoms with E-state index in [1.807, 2.05) is 17.5 Å². The highest BCUT2D eigenvalue weighted by Crippen LogP contribution is 2.27. The lowest BCUT2D eigenvalue weighted by atomic mass is 10.1. The van der Waals surface area contributed by atoms with E-state index in [4.69, 9.17) is 12.2 Å². The van der Waals surface area contributed by atoms with Gasteiger partial charge in [0.15, 0.2) is 20.4 Å². The Bertz CT molecular complexity index is 959. The fourth-order valence-corrected chi connectivity index (χ4v) is 5.90. The smallest absolute Gasteiger partial charge is 0.246 e. The summed E-state index contributed by atoms with van der Waals surface area (Å²) in [4.78, 5) is 15.7. The molecule has 7 nitrogen and oxygen atoms in total. The third kappa shape index (κ3) is 3.67. The third-order valence-corrected chi connectivity index (χ3v) is 7.35. The fraction of sp³-hybridized carbons (Fsp3) is 0.438. The number of hydrogen-bond acceptors (Lipinski definition) is 6. The lowest BCUT2D eigenvalue weighted by molar-refractivity contribution is -0.135. The zero-order valence-corrected chi connectivity index (χ0v) is 16.7. The molecule has 0 saturated carbocycles. The molecule has 140 valence electrons. The molecule has 1 fully saturated rings. The van der Waals surface area contributed by atoms with Crippen molar-refractivity contribution < 1.29 is 13.2 Å². The molecule has 0 aliphatic carbocycles. The average molecular weight is 413 g/mol. The van der Waals surface area contributed by atoms with Crippen LogP contribution in [0.15, 0.2) is 30.2 Å². The molecule has 1 amide bonds. The number of carbonyl (C=O) groups excluding carboxylic acids is 1. The molecule has 1 aliphatic heterocycles. The van der Waals surface area contributed by atoms with Gasteiger partial charge in [0.1, 0.15) is 6.04 Å². The van der Waals surface area contributed by atoms with Gasteiger partial charge in [0.25, 0.3) is 0 Å². The van der Waals surface area contributed by atoms with E-state index in [1.165, 1.54) is 11.3 Å². The molecule has 0 aromatic carbocycles. The van der Waals surface area contributed by atoms with Crippen molar-refractivity contribution in [2.45, 2.75) is 25.4 Å². The second-order valence-electron chi connectivity index (χ2n) is 6.21. The minimum Gasteiger partial charge on any atom is -0.333 e. The van der Waals surface area contributed by atoms with Gasteiger partial charge in [0.05, 0.1) is 16.4 Å². The SMILES string of the molecule is C=CCN(C(=O)C(C)n1c(-c2cccs2)n[nH]c1=S)C1CCS(=O)(=O)C1. The highest BCUT2D eigenvalue weighted by Gasteiger charge is 2.36. The summed E-state index contributed by atoms with van der Waals surface area (Å²) in [6, 6.07) is 2.87. The number of hydrogen-bond donors (Lipinski definition) is 1. The number of carbonyl (C=O) groups is 1. The van der Waals surface area contributed by atoms with Crippen LogP contribution in [-0.4, -0.2) is 58.1 Å². The highest BCUT2D eigenvalue weighted by atomic mass is 32.2. The van der Waals surface area contributed by atoms with Gasteiger partial charge < -0.3 is 4.90 Å². The molecular formula is C16H20N4O3S3. The van der Waals surface area contributed by atoms with Gasteiger partial charge in [-0.05, 0) is 37.0 Å². The van der Waals surface area contributed by atoms with Crippen molar-refractivity contribution in [3.05, 3.63) is 34.9 Å². The van der Waals surface area contributed by atoms with Crippen molar-refractivity contribution in [3.63, 3.8) is 0 Å². The summed E-state index contributed by atoms with van der Waals surface area (Å²) in [5, 5.41) is 8.94. The molecule has 0 spiro atoms. The van der Waals surface area contributed by atoms with Crippen LogP contribution in [-0.2, 0) is 14.6 Å². The number of aromatic amines is 1. The van der Waals surface area contributed by atoms with Crippen LogP contribution in [0.25, 0.3) is 10.7 Å². The number of H-pyrrole nitrogens is 1. The van der Waals surface area contributed by atoms with Gasteiger partial charge in [-0.25, -0.2) is 8.42 Å². The van der Waals surface area contributed by atoms with Crippen LogP contribution in [0.4, 0.5) is 0 Å². The molecule has 3 rings (SSSR count). The van der Waals surface area contributed by atoms with Crippen LogP contribution in [0.5, 0.6) is 0 Å². The lowest BCUT2D eigenvalue weighted by Gasteiger charge is -2.30. The van der Waals surface area contributed by atoms with E-state index in [-0.39, 0.29) is 23.5 Å². The summed E-state index contributed by atoms with van der Waals surface area (Å²) in [6.45, 7) is 5.75. The number of nitrogens with one attached hydrogen (secondary N) is 1. The monoisotopic (exact) mass is 412 g/mol. The molecule has 0 bridgehead atoms. The summed E-state index contributed by atoms with van der Waals surface area (Å²) in [5.74, 6) is 0.512. The predicted octanol–water partition coefficient (Wildman–Crippen LogP) is 2.43. The van der Waals surface area contributed by atoms with Crippen LogP contribution in [0, 0.1) is 4.77 Å². The zero-order valence-electron chi connectivity index (χ0n) is 14.3. The van der Waals surface area contributed by atoms with Gasteiger partial charge in [-0.1, -0.05) is 12.1 Å². The Balaban J connectivity index is 1.92. The molecule has 3 heterocycles. The van der Waals surface area contributed by atoms with E-state index in [0.29, 0.717) is 23.6 Å². The van der Waals surface area contributed by atoms with Gasteiger partial charge in [-0.15, -0.1) is 17.9 Å². The van der Waals surface area contributed by atoms with Crippen LogP contribution in [0.2, 0.25) is 0 Å². The molecule has 1 saturated heterocycles. The Hall–Kier alpha value is -1.78. The summed E-state index contributed by atoms with van der Waals surface area (Å²) in [5.41, 5.74) is 0. The Morgan fingerprint density at radius 1 is 1.65 bits per heavy atom. The summed E-state index contributed by atoms with van der Waals surface area (Å²) >= 11 is 6.83. The van der Waals surface area contributed by atoms with Gasteiger partial charge in [0, 0.05) is 12.6 Å². The maximum atomic E-state index is 13.2. The van der Waals surface area contributed by atoms with Crippen molar-refractivity contribution in [1.82, 2.24) is 19.7 Å². The molecule has 10 heteroatoms. The topological polar surface area (TPSA) is 88.1 Å². The van der Waals surface area contributed by atoms with Crippen molar-refractivity contribution in [3.8, 4) is 10.7 Å². The number of rotatable bonds is 6. The van der Waals surface area contributed by atoms with Crippen LogP contribution in [0.3, 0.4) is 0 Å². The van der Waals surface area contributed by atoms with Gasteiger partial charge >= 0.3 is 0 Å². The first-order valence-electron chi connectivity index (χ1n) is 8.16. The first-order chi connectivity index (χ1) is 12.3. The second kappa shape index (κ2) is 7.45. The molecule has 1 aliphatic rings. The first kappa shape index (κ1) is 19.0. The lowest BCUT2D eigenvalue weighted by Crippen LogP contribution is -2.44. The predicted molar refractivity (Wildman–Crippen MR) is 104 cm³/mol. The number of amides is 1. The van der Waals surface area contributed by atoms with Crippen LogP contribution >= 0.6 is 23.6 Å². The van der Waals surface area contributed by atoms with Gasteiger partial charge in [-0.3, -0.25) is 14.5 Å². The number of nitrogens with zero attached hydrogens (tertiary/aromatic N) is 3. The van der Waals surface area contributed by atoms with Crippen LogP contribution in [0.1, 0.15) is 19.4 Å². The Morgan fingerprint density at radius 3 is 3.00 bits per heavy atom. The van der Waals surface area contributed by atoms with Gasteiger partial charge in [-0.2, -0.15) is 5.10 Å². The molecule has 2 aromatic heterocycles. The quantitative estimate of drug-likeness (QED) is 0.582. The molecule has 2 atom stereocenters. The number of aromatic nitrogens is 3. The maximum Gasteiger partial charge on any atom is 0.246 e. The number of thiophene rings is 1. The minimum absolute atomic E-state index is 0.00608. The van der Waals surface area contributed by atoms with E-state index >= 15 is 0 Å². The number of sulfone groups is 1. The van der Waals surface area contributed by atoms with Gasteiger partial charge in [0.2, 0.25) is 5.91 Å². The van der Waals surface area contributed by atoms with Crippen molar-refractivity contribution in [1.29, 1.82) is 0 Å². The fourth-order valence-electron chi connectivity index (χ4n) is 3.17. The second-order valence-corrected chi connectivity index (χ2v) is 9.77. The summed E-state index contributed by atoms with van der Waals surface area (Å²) in [6.07, 6.45) is 2.06. The molecule has 1 N–H and O–H groups in total. The molecular weight excluding hydrogens is 392 g/mol. The Kier molecular flexibility index (Phi) is 5.44. The van der Waals surface area contributed by atoms with Crippen molar-refractivity contribution in [2.75, 3.05) is 18.1 Å². The summed E-state index contributed by atoms with van der Waals surface area (Å²) in [7, 11) is -3.10. The molecule has 0 radical (unpaired) electrons. The minimum atomic E-state index is -3.10. The van der Waals surface area contributed by atoms with E-state index in [2.05, 4.69) is 16.8 Å². The third-order valence-electron chi connectivity index (χ3n) is 4.45. The Labute approximate surface area is 161 Å². The maximum absolute atomic E-state index is 13.2. The van der Waals surface area contributed by atoms with Crippen LogP contribution < -0.4 is 0 Å². The average Bonchev–Trinajstić information content (AvgIpc) is 3.31. The normalized spacial score (nSPS) is 20.0. The standard InChI is InChI=1S/C16H20N4O3S3/c1-3-7-19(12-6-9-26(22,23)10-12)15(21)11(2)20-14(17-18-16(20)24)13-5-4-8-25-13/h3-5,8,11-12H,1,6-7,9-10H2,2H3,(H,18,24). The van der Waals surface area contributed by atoms with E-state index < -0.39 is 15.9 Å². The Morgan fingerprint density at radius 2 is 2.42 bits per heavy atom. The molecule has 26 heavy (non-hydrogen) atoms. The molecule has 2 unspecified atom stereocenters. The van der Waals surface area contributed by atoms with Crippen molar-refractivity contribution in [2.24, 2.45) is 0 Å². The summed E-state index contributed by atoms with van der Waals surface area (Å²) < 4.78 is 25.7. The largest absolute Gasteiger partial charge is 0.333 e. The zero-order chi connectivity index (χ0) is 18.9. The van der Waals surface area contributed by atoms with E-state index in [0.717, 1.165) is 4.88 Å². The highest BCUT2D eigenvalue weighted by molar-refractivity contribution is 7.91. The van der Waals surface area contributed by atoms with E-state index in [9.17, 15) is 13.2 Å². The molecule has 2 aromatic rings. The van der Waals surface area contributed by atoms with Crippen molar-refractivity contribution >= 4 is 39.3 Å². The first-order valence-corrected chi connectivity index (χ1v) is 11.3.